The second kappa shape index (κ2) is 4.95. The van der Waals surface area contributed by atoms with E-state index in [2.05, 4.69) is 10.6 Å². The van der Waals surface area contributed by atoms with Gasteiger partial charge >= 0.3 is 6.09 Å². The summed E-state index contributed by atoms with van der Waals surface area (Å²) in [6.45, 7) is 3.65. The van der Waals surface area contributed by atoms with Gasteiger partial charge in [-0.1, -0.05) is 6.07 Å². The zero-order valence-corrected chi connectivity index (χ0v) is 10.1. The molecule has 0 radical (unpaired) electrons. The molecule has 0 aliphatic carbocycles. The highest BCUT2D eigenvalue weighted by Gasteiger charge is 2.25. The van der Waals surface area contributed by atoms with Crippen molar-refractivity contribution >= 4 is 23.4 Å². The second-order valence-electron chi connectivity index (χ2n) is 3.77. The van der Waals surface area contributed by atoms with Crippen molar-refractivity contribution in [3.8, 4) is 5.75 Å². The number of hydrogen-bond acceptors (Lipinski definition) is 4. The Morgan fingerprint density at radius 3 is 3.06 bits per heavy atom. The molecule has 1 aromatic carbocycles. The number of ether oxygens (including phenoxy) is 2. The first-order valence-corrected chi connectivity index (χ1v) is 5.66. The zero-order chi connectivity index (χ0) is 13.1. The number of nitrogens with one attached hydrogen (secondary N) is 2. The molecule has 1 aliphatic heterocycles. The molecule has 1 aliphatic rings. The van der Waals surface area contributed by atoms with Gasteiger partial charge in [0.15, 0.2) is 6.10 Å². The Kier molecular flexibility index (Phi) is 3.36. The number of para-hydroxylation sites is 1. The lowest BCUT2D eigenvalue weighted by atomic mass is 10.2. The molecule has 0 saturated carbocycles. The standard InChI is InChI=1S/C12H14N2O4/c1-3-17-12(16)13-8-5-4-6-9-10(8)14-11(15)7(2)18-9/h4-7H,3H2,1-2H3,(H,13,16)(H,14,15). The molecule has 18 heavy (non-hydrogen) atoms. The van der Waals surface area contributed by atoms with Crippen LogP contribution in [0.5, 0.6) is 5.75 Å². The van der Waals surface area contributed by atoms with Gasteiger partial charge in [-0.05, 0) is 26.0 Å². The number of anilines is 2. The third kappa shape index (κ3) is 2.37. The van der Waals surface area contributed by atoms with Crippen molar-refractivity contribution in [1.82, 2.24) is 0 Å². The molecule has 0 aromatic heterocycles. The maximum absolute atomic E-state index is 11.5. The Morgan fingerprint density at radius 2 is 2.33 bits per heavy atom. The largest absolute Gasteiger partial charge is 0.479 e. The van der Waals surface area contributed by atoms with Crippen LogP contribution in [0.2, 0.25) is 0 Å². The van der Waals surface area contributed by atoms with Crippen LogP contribution in [0.15, 0.2) is 18.2 Å². The van der Waals surface area contributed by atoms with E-state index < -0.39 is 12.2 Å². The van der Waals surface area contributed by atoms with Gasteiger partial charge in [-0.2, -0.15) is 0 Å². The highest BCUT2D eigenvalue weighted by molar-refractivity contribution is 6.03. The fourth-order valence-corrected chi connectivity index (χ4v) is 1.61. The van der Waals surface area contributed by atoms with Crippen LogP contribution in [0.4, 0.5) is 16.2 Å². The lowest BCUT2D eigenvalue weighted by molar-refractivity contribution is -0.122. The van der Waals surface area contributed by atoms with E-state index in [1.54, 1.807) is 32.0 Å². The van der Waals surface area contributed by atoms with Gasteiger partial charge < -0.3 is 14.8 Å². The highest BCUT2D eigenvalue weighted by atomic mass is 16.5. The Morgan fingerprint density at radius 1 is 1.56 bits per heavy atom. The quantitative estimate of drug-likeness (QED) is 0.841. The molecule has 6 heteroatoms. The number of carbonyl (C=O) groups excluding carboxylic acids is 2. The smallest absolute Gasteiger partial charge is 0.411 e. The first-order valence-electron chi connectivity index (χ1n) is 5.66. The topological polar surface area (TPSA) is 76.7 Å². The molecule has 96 valence electrons. The third-order valence-electron chi connectivity index (χ3n) is 2.46. The Bertz CT molecular complexity index is 487. The van der Waals surface area contributed by atoms with Crippen molar-refractivity contribution in [3.63, 3.8) is 0 Å². The molecule has 6 nitrogen and oxygen atoms in total. The van der Waals surface area contributed by atoms with Crippen molar-refractivity contribution in [3.05, 3.63) is 18.2 Å². The van der Waals surface area contributed by atoms with Crippen molar-refractivity contribution in [2.45, 2.75) is 20.0 Å². The van der Waals surface area contributed by atoms with Crippen LogP contribution in [0, 0.1) is 0 Å². The predicted octanol–water partition coefficient (Wildman–Crippen LogP) is 1.97. The maximum atomic E-state index is 11.5. The van der Waals surface area contributed by atoms with Crippen LogP contribution in [-0.2, 0) is 9.53 Å². The summed E-state index contributed by atoms with van der Waals surface area (Å²) in [6, 6.07) is 5.11. The second-order valence-corrected chi connectivity index (χ2v) is 3.77. The van der Waals surface area contributed by atoms with Crippen molar-refractivity contribution < 1.29 is 19.1 Å². The third-order valence-corrected chi connectivity index (χ3v) is 2.46. The fraction of sp³-hybridized carbons (Fsp3) is 0.333. The minimum absolute atomic E-state index is 0.249. The van der Waals surface area contributed by atoms with Crippen LogP contribution < -0.4 is 15.4 Å². The monoisotopic (exact) mass is 250 g/mol. The SMILES string of the molecule is CCOC(=O)Nc1cccc2c1NC(=O)C(C)O2. The van der Waals surface area contributed by atoms with E-state index in [4.69, 9.17) is 9.47 Å². The summed E-state index contributed by atoms with van der Waals surface area (Å²) in [5.41, 5.74) is 0.903. The molecule has 0 spiro atoms. The number of amides is 2. The van der Waals surface area contributed by atoms with Gasteiger partial charge in [0.2, 0.25) is 0 Å². The zero-order valence-electron chi connectivity index (χ0n) is 10.1. The summed E-state index contributed by atoms with van der Waals surface area (Å²) < 4.78 is 10.2. The summed E-state index contributed by atoms with van der Waals surface area (Å²) in [5.74, 6) is 0.275. The summed E-state index contributed by atoms with van der Waals surface area (Å²) in [7, 11) is 0. The number of carbonyl (C=O) groups is 2. The van der Waals surface area contributed by atoms with Gasteiger partial charge in [0.25, 0.3) is 5.91 Å². The van der Waals surface area contributed by atoms with Crippen LogP contribution >= 0.6 is 0 Å². The molecule has 1 heterocycles. The van der Waals surface area contributed by atoms with E-state index in [0.717, 1.165) is 0 Å². The number of hydrogen-bond donors (Lipinski definition) is 2. The van der Waals surface area contributed by atoms with Crippen LogP contribution in [0.25, 0.3) is 0 Å². The Hall–Kier alpha value is -2.24. The molecule has 0 saturated heterocycles. The average molecular weight is 250 g/mol. The number of fused-ring (bicyclic) bond motifs is 1. The predicted molar refractivity (Wildman–Crippen MR) is 65.8 cm³/mol. The molecular formula is C12H14N2O4. The first-order chi connectivity index (χ1) is 8.61. The molecular weight excluding hydrogens is 236 g/mol. The van der Waals surface area contributed by atoms with Gasteiger partial charge in [0, 0.05) is 0 Å². The first kappa shape index (κ1) is 12.2. The average Bonchev–Trinajstić information content (AvgIpc) is 2.32. The van der Waals surface area contributed by atoms with Gasteiger partial charge in [0.05, 0.1) is 12.3 Å². The summed E-state index contributed by atoms with van der Waals surface area (Å²) in [5, 5.41) is 5.24. The van der Waals surface area contributed by atoms with E-state index in [-0.39, 0.29) is 12.5 Å². The molecule has 1 aromatic rings. The molecule has 0 fully saturated rings. The van der Waals surface area contributed by atoms with Crippen molar-refractivity contribution in [2.24, 2.45) is 0 Å². The summed E-state index contributed by atoms with van der Waals surface area (Å²) in [4.78, 5) is 22.9. The minimum atomic E-state index is -0.571. The number of rotatable bonds is 2. The number of benzene rings is 1. The van der Waals surface area contributed by atoms with Crippen LogP contribution in [0.1, 0.15) is 13.8 Å². The summed E-state index contributed by atoms with van der Waals surface area (Å²) >= 11 is 0. The van der Waals surface area contributed by atoms with Gasteiger partial charge in [-0.15, -0.1) is 0 Å². The van der Waals surface area contributed by atoms with E-state index >= 15 is 0 Å². The van der Waals surface area contributed by atoms with Crippen LogP contribution in [0.3, 0.4) is 0 Å². The lowest BCUT2D eigenvalue weighted by Gasteiger charge is -2.25. The van der Waals surface area contributed by atoms with Crippen molar-refractivity contribution in [1.29, 1.82) is 0 Å². The maximum Gasteiger partial charge on any atom is 0.411 e. The minimum Gasteiger partial charge on any atom is -0.479 e. The van der Waals surface area contributed by atoms with E-state index in [1.807, 2.05) is 0 Å². The fourth-order valence-electron chi connectivity index (χ4n) is 1.61. The van der Waals surface area contributed by atoms with Gasteiger partial charge in [-0.3, -0.25) is 10.1 Å². The van der Waals surface area contributed by atoms with E-state index in [0.29, 0.717) is 17.1 Å². The normalized spacial score (nSPS) is 17.2. The lowest BCUT2D eigenvalue weighted by Crippen LogP contribution is -2.34. The van der Waals surface area contributed by atoms with Gasteiger partial charge in [-0.25, -0.2) is 4.79 Å². The Balaban J connectivity index is 2.25. The molecule has 1 unspecified atom stereocenters. The van der Waals surface area contributed by atoms with Crippen LogP contribution in [-0.4, -0.2) is 24.7 Å². The van der Waals surface area contributed by atoms with E-state index in [1.165, 1.54) is 0 Å². The van der Waals surface area contributed by atoms with Crippen molar-refractivity contribution in [2.75, 3.05) is 17.2 Å². The molecule has 0 bridgehead atoms. The highest BCUT2D eigenvalue weighted by Crippen LogP contribution is 2.36. The van der Waals surface area contributed by atoms with E-state index in [9.17, 15) is 9.59 Å². The molecule has 2 amide bonds. The molecule has 2 N–H and O–H groups in total. The Labute approximate surface area is 104 Å². The molecule has 1 atom stereocenters. The summed E-state index contributed by atoms with van der Waals surface area (Å²) in [6.07, 6.45) is -1.12. The molecule has 2 rings (SSSR count). The van der Waals surface area contributed by atoms with Gasteiger partial charge in [0.1, 0.15) is 11.4 Å².